The second kappa shape index (κ2) is 5.60. The van der Waals surface area contributed by atoms with Crippen LogP contribution in [0.4, 0.5) is 0 Å². The van der Waals surface area contributed by atoms with E-state index in [1.165, 1.54) is 23.4 Å². The van der Waals surface area contributed by atoms with Gasteiger partial charge in [-0.1, -0.05) is 11.6 Å². The number of hydrogen-bond acceptors (Lipinski definition) is 3. The number of hydrogen-bond donors (Lipinski definition) is 1. The van der Waals surface area contributed by atoms with Crippen LogP contribution in [-0.4, -0.2) is 17.6 Å². The number of thiazole rings is 1. The molecule has 2 rings (SSSR count). The van der Waals surface area contributed by atoms with Crippen molar-refractivity contribution in [3.63, 3.8) is 0 Å². The van der Waals surface area contributed by atoms with Gasteiger partial charge < -0.3 is 5.32 Å². The third kappa shape index (κ3) is 4.06. The lowest BCUT2D eigenvalue weighted by Crippen LogP contribution is -2.16. The summed E-state index contributed by atoms with van der Waals surface area (Å²) in [6.07, 6.45) is 7.25. The summed E-state index contributed by atoms with van der Waals surface area (Å²) in [6, 6.07) is 0.829. The van der Waals surface area contributed by atoms with Gasteiger partial charge in [0.15, 0.2) is 0 Å². The van der Waals surface area contributed by atoms with Gasteiger partial charge in [0.25, 0.3) is 0 Å². The number of nitrogens with zero attached hydrogens (tertiary/aromatic N) is 1. The van der Waals surface area contributed by atoms with Gasteiger partial charge in [0.2, 0.25) is 0 Å². The second-order valence-electron chi connectivity index (χ2n) is 4.63. The van der Waals surface area contributed by atoms with E-state index in [1.54, 1.807) is 11.3 Å². The van der Waals surface area contributed by atoms with Crippen molar-refractivity contribution in [2.75, 3.05) is 6.54 Å². The van der Waals surface area contributed by atoms with Gasteiger partial charge in [0.05, 0.1) is 5.01 Å². The molecule has 1 N–H and O–H groups in total. The van der Waals surface area contributed by atoms with Crippen molar-refractivity contribution >= 4 is 11.3 Å². The number of rotatable bonds is 6. The van der Waals surface area contributed by atoms with Crippen molar-refractivity contribution in [3.8, 4) is 0 Å². The van der Waals surface area contributed by atoms with Crippen LogP contribution in [0.2, 0.25) is 0 Å². The Morgan fingerprint density at radius 3 is 3.06 bits per heavy atom. The molecule has 0 atom stereocenters. The molecule has 0 unspecified atom stereocenters. The van der Waals surface area contributed by atoms with Gasteiger partial charge in [-0.3, -0.25) is 0 Å². The molecule has 0 bridgehead atoms. The SMILES string of the molecule is CC(=CCCNC1CC1)Cc1nc(C)cs1. The fourth-order valence-electron chi connectivity index (χ4n) is 1.69. The van der Waals surface area contributed by atoms with Gasteiger partial charge in [0, 0.05) is 23.5 Å². The molecule has 1 aromatic heterocycles. The molecule has 1 saturated carbocycles. The Bertz CT molecular complexity index is 364. The van der Waals surface area contributed by atoms with Gasteiger partial charge in [0.1, 0.15) is 0 Å². The van der Waals surface area contributed by atoms with Crippen molar-refractivity contribution in [2.45, 2.75) is 45.6 Å². The quantitative estimate of drug-likeness (QED) is 0.606. The minimum Gasteiger partial charge on any atom is -0.314 e. The number of allylic oxidation sites excluding steroid dienone is 1. The van der Waals surface area contributed by atoms with Gasteiger partial charge in [-0.15, -0.1) is 11.3 Å². The summed E-state index contributed by atoms with van der Waals surface area (Å²) in [7, 11) is 0. The highest BCUT2D eigenvalue weighted by Gasteiger charge is 2.19. The first kappa shape index (κ1) is 11.8. The van der Waals surface area contributed by atoms with Crippen LogP contribution in [0.3, 0.4) is 0 Å². The van der Waals surface area contributed by atoms with E-state index < -0.39 is 0 Å². The van der Waals surface area contributed by atoms with Crippen molar-refractivity contribution in [1.29, 1.82) is 0 Å². The highest BCUT2D eigenvalue weighted by atomic mass is 32.1. The topological polar surface area (TPSA) is 24.9 Å². The molecule has 0 spiro atoms. The fourth-order valence-corrected chi connectivity index (χ4v) is 2.56. The molecular formula is C13H20N2S. The lowest BCUT2D eigenvalue weighted by Gasteiger charge is -2.00. The zero-order valence-electron chi connectivity index (χ0n) is 10.1. The summed E-state index contributed by atoms with van der Waals surface area (Å²) in [6.45, 7) is 5.38. The van der Waals surface area contributed by atoms with E-state index in [1.807, 2.05) is 0 Å². The van der Waals surface area contributed by atoms with Crippen molar-refractivity contribution < 1.29 is 0 Å². The molecule has 0 aliphatic heterocycles. The molecule has 0 radical (unpaired) electrons. The van der Waals surface area contributed by atoms with Crippen LogP contribution in [-0.2, 0) is 6.42 Å². The third-order valence-corrected chi connectivity index (χ3v) is 3.71. The summed E-state index contributed by atoms with van der Waals surface area (Å²) in [5, 5.41) is 6.88. The van der Waals surface area contributed by atoms with Crippen LogP contribution < -0.4 is 5.32 Å². The van der Waals surface area contributed by atoms with Gasteiger partial charge in [-0.2, -0.15) is 0 Å². The first-order valence-corrected chi connectivity index (χ1v) is 6.92. The highest BCUT2D eigenvalue weighted by Crippen LogP contribution is 2.18. The zero-order valence-corrected chi connectivity index (χ0v) is 10.9. The van der Waals surface area contributed by atoms with Crippen molar-refractivity contribution in [2.24, 2.45) is 0 Å². The van der Waals surface area contributed by atoms with Gasteiger partial charge >= 0.3 is 0 Å². The molecule has 1 fully saturated rings. The van der Waals surface area contributed by atoms with E-state index in [4.69, 9.17) is 0 Å². The lowest BCUT2D eigenvalue weighted by molar-refractivity contribution is 0.688. The molecule has 0 saturated heterocycles. The molecule has 3 heteroatoms. The fraction of sp³-hybridized carbons (Fsp3) is 0.615. The second-order valence-corrected chi connectivity index (χ2v) is 5.57. The molecule has 0 amide bonds. The predicted octanol–water partition coefficient (Wildman–Crippen LogP) is 3.08. The maximum Gasteiger partial charge on any atom is 0.0968 e. The third-order valence-electron chi connectivity index (χ3n) is 2.74. The zero-order chi connectivity index (χ0) is 11.4. The molecular weight excluding hydrogens is 216 g/mol. The van der Waals surface area contributed by atoms with Crippen LogP contribution in [0.15, 0.2) is 17.0 Å². The van der Waals surface area contributed by atoms with Gasteiger partial charge in [-0.25, -0.2) is 4.98 Å². The van der Waals surface area contributed by atoms with Crippen LogP contribution in [0.25, 0.3) is 0 Å². The average Bonchev–Trinajstić information content (AvgIpc) is 2.98. The van der Waals surface area contributed by atoms with E-state index >= 15 is 0 Å². The molecule has 2 nitrogen and oxygen atoms in total. The summed E-state index contributed by atoms with van der Waals surface area (Å²) < 4.78 is 0. The predicted molar refractivity (Wildman–Crippen MR) is 70.0 cm³/mol. The Morgan fingerprint density at radius 1 is 1.62 bits per heavy atom. The largest absolute Gasteiger partial charge is 0.314 e. The Labute approximate surface area is 102 Å². The lowest BCUT2D eigenvalue weighted by atomic mass is 10.2. The monoisotopic (exact) mass is 236 g/mol. The molecule has 1 aromatic rings. The molecule has 88 valence electrons. The number of aryl methyl sites for hydroxylation is 1. The first-order valence-electron chi connectivity index (χ1n) is 6.04. The summed E-state index contributed by atoms with van der Waals surface area (Å²) in [5.41, 5.74) is 2.58. The molecule has 1 aliphatic rings. The minimum atomic E-state index is 0.829. The minimum absolute atomic E-state index is 0.829. The first-order chi connectivity index (χ1) is 7.74. The molecule has 1 heterocycles. The van der Waals surface area contributed by atoms with E-state index in [9.17, 15) is 0 Å². The van der Waals surface area contributed by atoms with E-state index in [0.717, 1.165) is 31.1 Å². The Morgan fingerprint density at radius 2 is 2.44 bits per heavy atom. The molecule has 1 aliphatic carbocycles. The van der Waals surface area contributed by atoms with Gasteiger partial charge in [-0.05, 0) is 39.7 Å². The summed E-state index contributed by atoms with van der Waals surface area (Å²) in [4.78, 5) is 4.48. The van der Waals surface area contributed by atoms with Crippen LogP contribution in [0.1, 0.15) is 36.9 Å². The summed E-state index contributed by atoms with van der Waals surface area (Å²) >= 11 is 1.76. The normalized spacial score (nSPS) is 16.8. The van der Waals surface area contributed by atoms with E-state index in [2.05, 4.69) is 35.6 Å². The molecule has 0 aromatic carbocycles. The van der Waals surface area contributed by atoms with Crippen molar-refractivity contribution in [1.82, 2.24) is 10.3 Å². The van der Waals surface area contributed by atoms with Crippen molar-refractivity contribution in [3.05, 3.63) is 27.7 Å². The number of aromatic nitrogens is 1. The standard InChI is InChI=1S/C13H20N2S/c1-10(4-3-7-14-12-5-6-12)8-13-15-11(2)9-16-13/h4,9,12,14H,3,5-8H2,1-2H3. The van der Waals surface area contributed by atoms with Crippen LogP contribution in [0, 0.1) is 6.92 Å². The van der Waals surface area contributed by atoms with E-state index in [0.29, 0.717) is 0 Å². The van der Waals surface area contributed by atoms with Crippen LogP contribution >= 0.6 is 11.3 Å². The summed E-state index contributed by atoms with van der Waals surface area (Å²) in [5.74, 6) is 0. The highest BCUT2D eigenvalue weighted by molar-refractivity contribution is 7.09. The van der Waals surface area contributed by atoms with E-state index in [-0.39, 0.29) is 0 Å². The molecule has 16 heavy (non-hydrogen) atoms. The Kier molecular flexibility index (Phi) is 4.13. The Balaban J connectivity index is 1.69. The maximum absolute atomic E-state index is 4.48. The smallest absolute Gasteiger partial charge is 0.0968 e. The average molecular weight is 236 g/mol. The van der Waals surface area contributed by atoms with Crippen LogP contribution in [0.5, 0.6) is 0 Å². The maximum atomic E-state index is 4.48. The number of nitrogens with one attached hydrogen (secondary N) is 1. The Hall–Kier alpha value is -0.670.